The number of benzene rings is 1. The summed E-state index contributed by atoms with van der Waals surface area (Å²) in [4.78, 5) is 0. The summed E-state index contributed by atoms with van der Waals surface area (Å²) in [7, 11) is 0. The standard InChI is InChI=1S/C30H48F2O/c1-3-5-7-8-9-11-23-12-14-24(15-13-23)25-16-18-26(19-17-25)27-20-21-28(30(32)29(27)31)33-22-10-6-4-2/h20-21,23-26H,3-19,22H2,1-2H3. The minimum absolute atomic E-state index is 0.0724. The number of ether oxygens (including phenoxy) is 1. The number of hydrogen-bond donors (Lipinski definition) is 0. The third kappa shape index (κ3) is 7.96. The van der Waals surface area contributed by atoms with E-state index in [1.807, 2.05) is 0 Å². The molecule has 0 radical (unpaired) electrons. The lowest BCUT2D eigenvalue weighted by atomic mass is 9.68. The average molecular weight is 463 g/mol. The number of rotatable bonds is 13. The first-order valence-corrected chi connectivity index (χ1v) is 14.2. The summed E-state index contributed by atoms with van der Waals surface area (Å²) in [5.41, 5.74) is 0.568. The minimum atomic E-state index is -0.792. The van der Waals surface area contributed by atoms with E-state index in [0.29, 0.717) is 12.2 Å². The summed E-state index contributed by atoms with van der Waals surface area (Å²) in [5.74, 6) is 1.38. The van der Waals surface area contributed by atoms with Crippen molar-refractivity contribution in [2.24, 2.45) is 17.8 Å². The molecular weight excluding hydrogens is 414 g/mol. The Morgan fingerprint density at radius 1 is 0.697 bits per heavy atom. The van der Waals surface area contributed by atoms with E-state index in [9.17, 15) is 8.78 Å². The zero-order valence-corrected chi connectivity index (χ0v) is 21.4. The van der Waals surface area contributed by atoms with Crippen LogP contribution < -0.4 is 4.74 Å². The average Bonchev–Trinajstić information content (AvgIpc) is 2.85. The van der Waals surface area contributed by atoms with Gasteiger partial charge in [-0.15, -0.1) is 0 Å². The van der Waals surface area contributed by atoms with Gasteiger partial charge in [0.1, 0.15) is 0 Å². The van der Waals surface area contributed by atoms with Gasteiger partial charge in [-0.2, -0.15) is 4.39 Å². The second-order valence-electron chi connectivity index (χ2n) is 10.9. The molecule has 33 heavy (non-hydrogen) atoms. The molecule has 0 aromatic heterocycles. The Hall–Kier alpha value is -1.12. The van der Waals surface area contributed by atoms with Gasteiger partial charge in [0.2, 0.25) is 5.82 Å². The monoisotopic (exact) mass is 462 g/mol. The number of halogens is 2. The fourth-order valence-electron chi connectivity index (χ4n) is 6.39. The molecule has 0 heterocycles. The van der Waals surface area contributed by atoms with Crippen LogP contribution in [-0.2, 0) is 0 Å². The van der Waals surface area contributed by atoms with Gasteiger partial charge in [0.15, 0.2) is 11.6 Å². The minimum Gasteiger partial charge on any atom is -0.490 e. The van der Waals surface area contributed by atoms with E-state index in [1.54, 1.807) is 12.1 Å². The van der Waals surface area contributed by atoms with Crippen LogP contribution in [0.4, 0.5) is 8.78 Å². The third-order valence-electron chi connectivity index (χ3n) is 8.57. The second kappa shape index (κ2) is 14.3. The molecule has 0 aliphatic heterocycles. The van der Waals surface area contributed by atoms with Crippen molar-refractivity contribution in [1.29, 1.82) is 0 Å². The predicted octanol–water partition coefficient (Wildman–Crippen LogP) is 9.97. The lowest BCUT2D eigenvalue weighted by Crippen LogP contribution is -2.25. The highest BCUT2D eigenvalue weighted by Crippen LogP contribution is 2.45. The first-order valence-electron chi connectivity index (χ1n) is 14.2. The fraction of sp³-hybridized carbons (Fsp3) is 0.800. The van der Waals surface area contributed by atoms with E-state index in [2.05, 4.69) is 13.8 Å². The maximum atomic E-state index is 14.8. The molecule has 1 aromatic carbocycles. The summed E-state index contributed by atoms with van der Waals surface area (Å²) < 4.78 is 34.9. The maximum absolute atomic E-state index is 14.8. The first-order chi connectivity index (χ1) is 16.1. The van der Waals surface area contributed by atoms with Crippen LogP contribution in [0.5, 0.6) is 5.75 Å². The number of unbranched alkanes of at least 4 members (excludes halogenated alkanes) is 6. The molecule has 0 saturated heterocycles. The van der Waals surface area contributed by atoms with Crippen molar-refractivity contribution in [2.75, 3.05) is 6.61 Å². The lowest BCUT2D eigenvalue weighted by Gasteiger charge is -2.38. The van der Waals surface area contributed by atoms with Crippen LogP contribution >= 0.6 is 0 Å². The molecule has 0 N–H and O–H groups in total. The van der Waals surface area contributed by atoms with Crippen LogP contribution in [0, 0.1) is 29.4 Å². The Morgan fingerprint density at radius 2 is 1.30 bits per heavy atom. The Balaban J connectivity index is 1.40. The lowest BCUT2D eigenvalue weighted by molar-refractivity contribution is 0.155. The van der Waals surface area contributed by atoms with Crippen LogP contribution in [0.15, 0.2) is 12.1 Å². The SMILES string of the molecule is CCCCCCCC1CCC(C2CCC(c3ccc(OCCCCC)c(F)c3F)CC2)CC1. The van der Waals surface area contributed by atoms with Crippen molar-refractivity contribution in [3.05, 3.63) is 29.3 Å². The molecule has 2 aliphatic carbocycles. The van der Waals surface area contributed by atoms with Crippen LogP contribution in [-0.4, -0.2) is 6.61 Å². The highest BCUT2D eigenvalue weighted by molar-refractivity contribution is 5.33. The van der Waals surface area contributed by atoms with Crippen LogP contribution in [0.3, 0.4) is 0 Å². The van der Waals surface area contributed by atoms with E-state index in [4.69, 9.17) is 4.74 Å². The van der Waals surface area contributed by atoms with E-state index in [-0.39, 0.29) is 11.7 Å². The summed E-state index contributed by atoms with van der Waals surface area (Å²) in [6.07, 6.45) is 21.4. The van der Waals surface area contributed by atoms with Crippen LogP contribution in [0.25, 0.3) is 0 Å². The van der Waals surface area contributed by atoms with Gasteiger partial charge in [-0.25, -0.2) is 4.39 Å². The van der Waals surface area contributed by atoms with Crippen molar-refractivity contribution >= 4 is 0 Å². The largest absolute Gasteiger partial charge is 0.490 e. The molecular formula is C30H48F2O. The van der Waals surface area contributed by atoms with Crippen molar-refractivity contribution < 1.29 is 13.5 Å². The zero-order valence-electron chi connectivity index (χ0n) is 21.4. The number of hydrogen-bond acceptors (Lipinski definition) is 1. The molecule has 2 aliphatic rings. The molecule has 3 rings (SSSR count). The van der Waals surface area contributed by atoms with Gasteiger partial charge in [0.25, 0.3) is 0 Å². The van der Waals surface area contributed by atoms with Crippen molar-refractivity contribution in [3.8, 4) is 5.75 Å². The highest BCUT2D eigenvalue weighted by atomic mass is 19.2. The fourth-order valence-corrected chi connectivity index (χ4v) is 6.39. The van der Waals surface area contributed by atoms with Gasteiger partial charge in [-0.1, -0.05) is 84.1 Å². The van der Waals surface area contributed by atoms with Gasteiger partial charge in [-0.05, 0) is 80.2 Å². The molecule has 188 valence electrons. The summed E-state index contributed by atoms with van der Waals surface area (Å²) in [6.45, 7) is 4.85. The Kier molecular flexibility index (Phi) is 11.5. The Labute approximate surface area is 202 Å². The maximum Gasteiger partial charge on any atom is 0.200 e. The Bertz CT molecular complexity index is 672. The van der Waals surface area contributed by atoms with Crippen molar-refractivity contribution in [2.45, 2.75) is 129 Å². The van der Waals surface area contributed by atoms with Crippen LogP contribution in [0.1, 0.15) is 134 Å². The van der Waals surface area contributed by atoms with Gasteiger partial charge < -0.3 is 4.74 Å². The van der Waals surface area contributed by atoms with Gasteiger partial charge in [-0.3, -0.25) is 0 Å². The van der Waals surface area contributed by atoms with Crippen LogP contribution in [0.2, 0.25) is 0 Å². The summed E-state index contributed by atoms with van der Waals surface area (Å²) >= 11 is 0. The molecule has 1 aromatic rings. The molecule has 0 spiro atoms. The van der Waals surface area contributed by atoms with Gasteiger partial charge in [0, 0.05) is 0 Å². The molecule has 0 atom stereocenters. The smallest absolute Gasteiger partial charge is 0.200 e. The molecule has 0 unspecified atom stereocenters. The molecule has 0 amide bonds. The molecule has 2 saturated carbocycles. The quantitative estimate of drug-likeness (QED) is 0.265. The second-order valence-corrected chi connectivity index (χ2v) is 10.9. The molecule has 2 fully saturated rings. The zero-order chi connectivity index (χ0) is 23.5. The normalized spacial score (nSPS) is 25.8. The molecule has 0 bridgehead atoms. The predicted molar refractivity (Wildman–Crippen MR) is 135 cm³/mol. The van der Waals surface area contributed by atoms with E-state index in [0.717, 1.165) is 49.9 Å². The third-order valence-corrected chi connectivity index (χ3v) is 8.57. The van der Waals surface area contributed by atoms with Gasteiger partial charge >= 0.3 is 0 Å². The molecule has 1 nitrogen and oxygen atoms in total. The van der Waals surface area contributed by atoms with E-state index >= 15 is 0 Å². The highest BCUT2D eigenvalue weighted by Gasteiger charge is 2.32. The van der Waals surface area contributed by atoms with E-state index < -0.39 is 11.6 Å². The van der Waals surface area contributed by atoms with Crippen molar-refractivity contribution in [3.63, 3.8) is 0 Å². The van der Waals surface area contributed by atoms with Crippen molar-refractivity contribution in [1.82, 2.24) is 0 Å². The van der Waals surface area contributed by atoms with E-state index in [1.165, 1.54) is 77.0 Å². The van der Waals surface area contributed by atoms with Gasteiger partial charge in [0.05, 0.1) is 6.61 Å². The summed E-state index contributed by atoms with van der Waals surface area (Å²) in [6, 6.07) is 3.43. The topological polar surface area (TPSA) is 9.23 Å². The molecule has 3 heteroatoms. The summed E-state index contributed by atoms with van der Waals surface area (Å²) in [5, 5.41) is 0. The first kappa shape index (κ1) is 26.5. The Morgan fingerprint density at radius 3 is 1.97 bits per heavy atom.